The fourth-order valence-corrected chi connectivity index (χ4v) is 3.05. The number of fused-ring (bicyclic) bond motifs is 1. The van der Waals surface area contributed by atoms with E-state index in [1.54, 1.807) is 24.3 Å². The maximum absolute atomic E-state index is 12.8. The van der Waals surface area contributed by atoms with E-state index >= 15 is 0 Å². The number of benzene rings is 2. The number of hydrogen-bond acceptors (Lipinski definition) is 2. The Balaban J connectivity index is 0.00000192. The number of carbonyl (C=O) groups is 1. The Labute approximate surface area is 151 Å². The molecule has 0 amide bonds. The normalized spacial score (nSPS) is 14.2. The molecule has 2 aromatic rings. The van der Waals surface area contributed by atoms with Crippen LogP contribution in [0, 0.1) is 5.41 Å². The zero-order valence-corrected chi connectivity index (χ0v) is 15.2. The Hall–Kier alpha value is -1.65. The molecule has 1 atom stereocenters. The first kappa shape index (κ1) is 17.7. The number of amidine groups is 1. The summed E-state index contributed by atoms with van der Waals surface area (Å²) in [5.74, 6) is 0.474. The molecule has 0 saturated carbocycles. The van der Waals surface area contributed by atoms with Crippen LogP contribution in [0.4, 0.5) is 0 Å². The van der Waals surface area contributed by atoms with Crippen LogP contribution < -0.4 is 0 Å². The molecule has 0 spiro atoms. The molecule has 1 aliphatic heterocycles. The van der Waals surface area contributed by atoms with Gasteiger partial charge in [0.05, 0.1) is 6.04 Å². The quantitative estimate of drug-likeness (QED) is 0.764. The van der Waals surface area contributed by atoms with Crippen LogP contribution >= 0.6 is 28.6 Å². The molecule has 120 valence electrons. The summed E-state index contributed by atoms with van der Waals surface area (Å²) in [6.07, 6.45) is 0.665. The molecule has 0 bridgehead atoms. The third-order valence-electron chi connectivity index (χ3n) is 4.09. The Kier molecular flexibility index (Phi) is 5.60. The Bertz CT molecular complexity index is 730. The molecule has 1 N–H and O–H groups in total. The van der Waals surface area contributed by atoms with Gasteiger partial charge in [0.25, 0.3) is 0 Å². The number of hydrogen-bond donors (Lipinski definition) is 1. The largest absolute Gasteiger partial charge is 0.342 e. The number of nitrogens with one attached hydrogen (secondary N) is 1. The summed E-state index contributed by atoms with van der Waals surface area (Å²) in [4.78, 5) is 14.7. The Morgan fingerprint density at radius 2 is 1.87 bits per heavy atom. The lowest BCUT2D eigenvalue weighted by molar-refractivity contribution is 0.0882. The van der Waals surface area contributed by atoms with Gasteiger partial charge in [0.2, 0.25) is 0 Å². The summed E-state index contributed by atoms with van der Waals surface area (Å²) in [6, 6.07) is 14.5. The molecule has 5 heteroatoms. The molecule has 23 heavy (non-hydrogen) atoms. The molecule has 0 saturated heterocycles. The molecule has 0 radical (unpaired) electrons. The summed E-state index contributed by atoms with van der Waals surface area (Å²) >= 11 is 5.89. The average molecular weight is 394 g/mol. The highest BCUT2D eigenvalue weighted by Gasteiger charge is 2.33. The minimum Gasteiger partial charge on any atom is -0.342 e. The maximum atomic E-state index is 12.8. The van der Waals surface area contributed by atoms with Crippen LogP contribution in [0.3, 0.4) is 0 Å². The van der Waals surface area contributed by atoms with E-state index in [0.717, 1.165) is 11.1 Å². The second-order valence-electron chi connectivity index (χ2n) is 5.43. The van der Waals surface area contributed by atoms with Gasteiger partial charge >= 0.3 is 0 Å². The highest BCUT2D eigenvalue weighted by Crippen LogP contribution is 2.27. The SMILES string of the molecule is Br.CCC(C(=O)c1ccc(Cl)cc1)N1Cc2ccccc2C1=N. The molecule has 3 rings (SSSR count). The summed E-state index contributed by atoms with van der Waals surface area (Å²) in [7, 11) is 0. The summed E-state index contributed by atoms with van der Waals surface area (Å²) in [5, 5.41) is 8.98. The van der Waals surface area contributed by atoms with Crippen molar-refractivity contribution >= 4 is 40.2 Å². The average Bonchev–Trinajstić information content (AvgIpc) is 2.86. The zero-order valence-electron chi connectivity index (χ0n) is 12.8. The molecule has 2 aromatic carbocycles. The topological polar surface area (TPSA) is 44.2 Å². The van der Waals surface area contributed by atoms with E-state index in [9.17, 15) is 4.79 Å². The van der Waals surface area contributed by atoms with Gasteiger partial charge in [-0.2, -0.15) is 0 Å². The number of rotatable bonds is 4. The first-order valence-electron chi connectivity index (χ1n) is 7.35. The first-order valence-corrected chi connectivity index (χ1v) is 7.73. The number of halogens is 2. The van der Waals surface area contributed by atoms with Crippen LogP contribution in [0.2, 0.25) is 5.02 Å². The van der Waals surface area contributed by atoms with Gasteiger partial charge in [-0.15, -0.1) is 17.0 Å². The van der Waals surface area contributed by atoms with E-state index in [1.807, 2.05) is 36.1 Å². The molecule has 0 fully saturated rings. The predicted molar refractivity (Wildman–Crippen MR) is 99.0 cm³/mol. The Morgan fingerprint density at radius 1 is 1.22 bits per heavy atom. The second-order valence-corrected chi connectivity index (χ2v) is 5.87. The van der Waals surface area contributed by atoms with E-state index in [-0.39, 0.29) is 28.8 Å². The van der Waals surface area contributed by atoms with Gasteiger partial charge in [-0.25, -0.2) is 0 Å². The summed E-state index contributed by atoms with van der Waals surface area (Å²) in [6.45, 7) is 2.60. The van der Waals surface area contributed by atoms with Crippen molar-refractivity contribution in [2.75, 3.05) is 0 Å². The summed E-state index contributed by atoms with van der Waals surface area (Å²) in [5.41, 5.74) is 2.67. The smallest absolute Gasteiger partial charge is 0.185 e. The molecule has 1 heterocycles. The van der Waals surface area contributed by atoms with Crippen molar-refractivity contribution in [3.8, 4) is 0 Å². The van der Waals surface area contributed by atoms with Gasteiger partial charge in [0, 0.05) is 22.7 Å². The van der Waals surface area contributed by atoms with Gasteiger partial charge in [0.1, 0.15) is 5.84 Å². The lowest BCUT2D eigenvalue weighted by Gasteiger charge is -2.27. The molecule has 0 aromatic heterocycles. The maximum Gasteiger partial charge on any atom is 0.185 e. The Morgan fingerprint density at radius 3 is 2.48 bits per heavy atom. The van der Waals surface area contributed by atoms with Crippen LogP contribution in [-0.2, 0) is 6.54 Å². The van der Waals surface area contributed by atoms with Crippen LogP contribution in [0.15, 0.2) is 48.5 Å². The van der Waals surface area contributed by atoms with Crippen LogP contribution in [0.1, 0.15) is 34.8 Å². The predicted octanol–water partition coefficient (Wildman–Crippen LogP) is 4.72. The molecule has 0 aliphatic carbocycles. The lowest BCUT2D eigenvalue weighted by atomic mass is 10.0. The third kappa shape index (κ3) is 3.33. The fraction of sp³-hybridized carbons (Fsp3) is 0.222. The van der Waals surface area contributed by atoms with Crippen LogP contribution in [-0.4, -0.2) is 22.6 Å². The van der Waals surface area contributed by atoms with Crippen molar-refractivity contribution in [1.82, 2.24) is 4.90 Å². The monoisotopic (exact) mass is 392 g/mol. The molecular weight excluding hydrogens is 376 g/mol. The number of nitrogens with zero attached hydrogens (tertiary/aromatic N) is 1. The molecule has 3 nitrogen and oxygen atoms in total. The van der Waals surface area contributed by atoms with Gasteiger partial charge in [0.15, 0.2) is 5.78 Å². The van der Waals surface area contributed by atoms with Gasteiger partial charge in [-0.05, 0) is 36.2 Å². The van der Waals surface area contributed by atoms with Crippen molar-refractivity contribution in [2.24, 2.45) is 0 Å². The van der Waals surface area contributed by atoms with E-state index in [0.29, 0.717) is 29.4 Å². The number of ketones is 1. The van der Waals surface area contributed by atoms with Gasteiger partial charge < -0.3 is 4.90 Å². The van der Waals surface area contributed by atoms with Crippen molar-refractivity contribution in [3.05, 3.63) is 70.2 Å². The van der Waals surface area contributed by atoms with Crippen molar-refractivity contribution < 1.29 is 4.79 Å². The third-order valence-corrected chi connectivity index (χ3v) is 4.35. The highest BCUT2D eigenvalue weighted by atomic mass is 79.9. The molecule has 1 aliphatic rings. The minimum absolute atomic E-state index is 0. The van der Waals surface area contributed by atoms with Crippen molar-refractivity contribution in [3.63, 3.8) is 0 Å². The lowest BCUT2D eigenvalue weighted by Crippen LogP contribution is -2.41. The van der Waals surface area contributed by atoms with Crippen molar-refractivity contribution in [2.45, 2.75) is 25.9 Å². The minimum atomic E-state index is -0.318. The molecular formula is C18H18BrClN2O. The number of carbonyl (C=O) groups excluding carboxylic acids is 1. The summed E-state index contributed by atoms with van der Waals surface area (Å²) < 4.78 is 0. The first-order chi connectivity index (χ1) is 10.6. The van der Waals surface area contributed by atoms with Gasteiger partial charge in [-0.3, -0.25) is 10.2 Å². The molecule has 1 unspecified atom stereocenters. The van der Waals surface area contributed by atoms with Crippen molar-refractivity contribution in [1.29, 1.82) is 5.41 Å². The zero-order chi connectivity index (χ0) is 15.7. The van der Waals surface area contributed by atoms with E-state index < -0.39 is 0 Å². The highest BCUT2D eigenvalue weighted by molar-refractivity contribution is 8.93. The second kappa shape index (κ2) is 7.28. The van der Waals surface area contributed by atoms with Crippen LogP contribution in [0.25, 0.3) is 0 Å². The van der Waals surface area contributed by atoms with E-state index in [2.05, 4.69) is 0 Å². The van der Waals surface area contributed by atoms with E-state index in [4.69, 9.17) is 17.0 Å². The van der Waals surface area contributed by atoms with Crippen LogP contribution in [0.5, 0.6) is 0 Å². The van der Waals surface area contributed by atoms with E-state index in [1.165, 1.54) is 0 Å². The van der Waals surface area contributed by atoms with Gasteiger partial charge in [-0.1, -0.05) is 42.8 Å². The standard InChI is InChI=1S/C18H17ClN2O.BrH/c1-2-16(17(22)12-7-9-14(19)10-8-12)21-11-13-5-3-4-6-15(13)18(21)20;/h3-10,16,20H,2,11H2,1H3;1H. The fourth-order valence-electron chi connectivity index (χ4n) is 2.93. The number of Topliss-reactive ketones (excluding diaryl/α,β-unsaturated/α-hetero) is 1.